The summed E-state index contributed by atoms with van der Waals surface area (Å²) in [6.45, 7) is -0.112. The van der Waals surface area contributed by atoms with Crippen molar-refractivity contribution in [2.24, 2.45) is 0 Å². The lowest BCUT2D eigenvalue weighted by Crippen LogP contribution is -2.32. The van der Waals surface area contributed by atoms with Gasteiger partial charge >= 0.3 is 0 Å². The minimum absolute atomic E-state index is 0.112. The van der Waals surface area contributed by atoms with Crippen LogP contribution in [0.25, 0.3) is 16.9 Å². The minimum atomic E-state index is -0.302. The van der Waals surface area contributed by atoms with Crippen LogP contribution in [0.5, 0.6) is 0 Å². The summed E-state index contributed by atoms with van der Waals surface area (Å²) in [6.07, 6.45) is 3.91. The van der Waals surface area contributed by atoms with Gasteiger partial charge in [-0.3, -0.25) is 9.59 Å². The molecular weight excluding hydrogens is 432 g/mol. The third kappa shape index (κ3) is 4.52. The highest BCUT2D eigenvalue weighted by Crippen LogP contribution is 2.21. The molecule has 0 radical (unpaired) electrons. The largest absolute Gasteiger partial charge is 0.343 e. The van der Waals surface area contributed by atoms with Crippen LogP contribution in [0.1, 0.15) is 10.4 Å². The van der Waals surface area contributed by atoms with Gasteiger partial charge in [-0.25, -0.2) is 4.98 Å². The number of rotatable bonds is 5. The number of hydrogen-bond donors (Lipinski definition) is 2. The molecule has 0 aliphatic heterocycles. The van der Waals surface area contributed by atoms with Gasteiger partial charge in [0.1, 0.15) is 5.65 Å². The highest BCUT2D eigenvalue weighted by molar-refractivity contribution is 9.10. The average molecular weight is 449 g/mol. The average Bonchev–Trinajstić information content (AvgIpc) is 3.17. The van der Waals surface area contributed by atoms with Crippen LogP contribution in [0.15, 0.2) is 83.6 Å². The molecule has 7 heteroatoms. The Labute approximate surface area is 175 Å². The first kappa shape index (κ1) is 18.9. The fourth-order valence-electron chi connectivity index (χ4n) is 2.90. The first-order valence-corrected chi connectivity index (χ1v) is 9.75. The summed E-state index contributed by atoms with van der Waals surface area (Å²) in [4.78, 5) is 28.8. The number of amides is 2. The van der Waals surface area contributed by atoms with E-state index < -0.39 is 0 Å². The predicted octanol–water partition coefficient (Wildman–Crippen LogP) is 4.13. The number of halogens is 1. The molecular formula is C22H17BrN4O2. The van der Waals surface area contributed by atoms with Gasteiger partial charge in [-0.15, -0.1) is 0 Å². The van der Waals surface area contributed by atoms with Gasteiger partial charge in [0.15, 0.2) is 0 Å². The summed E-state index contributed by atoms with van der Waals surface area (Å²) in [5.74, 6) is -0.600. The molecule has 0 saturated carbocycles. The summed E-state index contributed by atoms with van der Waals surface area (Å²) >= 11 is 3.32. The van der Waals surface area contributed by atoms with Crippen molar-refractivity contribution in [3.05, 3.63) is 89.2 Å². The van der Waals surface area contributed by atoms with Crippen LogP contribution in [-0.2, 0) is 4.79 Å². The van der Waals surface area contributed by atoms with E-state index in [1.54, 1.807) is 18.2 Å². The van der Waals surface area contributed by atoms with Crippen LogP contribution < -0.4 is 10.6 Å². The molecule has 0 unspecified atom stereocenters. The molecule has 4 rings (SSSR count). The van der Waals surface area contributed by atoms with Gasteiger partial charge in [0.05, 0.1) is 12.2 Å². The summed E-state index contributed by atoms with van der Waals surface area (Å²) < 4.78 is 2.76. The quantitative estimate of drug-likeness (QED) is 0.481. The Hall–Kier alpha value is -3.45. The number of carbonyl (C=O) groups is 2. The smallest absolute Gasteiger partial charge is 0.251 e. The first-order valence-electron chi connectivity index (χ1n) is 8.96. The highest BCUT2D eigenvalue weighted by atomic mass is 79.9. The molecule has 29 heavy (non-hydrogen) atoms. The van der Waals surface area contributed by atoms with Crippen LogP contribution in [0.4, 0.5) is 5.69 Å². The number of nitrogens with zero attached hydrogens (tertiary/aromatic N) is 2. The molecule has 144 valence electrons. The van der Waals surface area contributed by atoms with E-state index in [4.69, 9.17) is 0 Å². The lowest BCUT2D eigenvalue weighted by atomic mass is 10.1. The molecule has 4 aromatic rings. The molecule has 0 fully saturated rings. The minimum Gasteiger partial charge on any atom is -0.343 e. The molecule has 2 N–H and O–H groups in total. The number of hydrogen-bond acceptors (Lipinski definition) is 3. The Morgan fingerprint density at radius 3 is 2.59 bits per heavy atom. The van der Waals surface area contributed by atoms with Crippen LogP contribution in [0.2, 0.25) is 0 Å². The van der Waals surface area contributed by atoms with E-state index in [2.05, 4.69) is 31.5 Å². The van der Waals surface area contributed by atoms with Crippen LogP contribution in [-0.4, -0.2) is 27.7 Å². The summed E-state index contributed by atoms with van der Waals surface area (Å²) in [5.41, 5.74) is 3.83. The van der Waals surface area contributed by atoms with Gasteiger partial charge in [-0.1, -0.05) is 40.2 Å². The topological polar surface area (TPSA) is 75.5 Å². The third-order valence-corrected chi connectivity index (χ3v) is 4.82. The van der Waals surface area contributed by atoms with Gasteiger partial charge in [-0.05, 0) is 42.5 Å². The zero-order chi connectivity index (χ0) is 20.2. The summed E-state index contributed by atoms with van der Waals surface area (Å²) in [6, 6.07) is 20.3. The molecule has 0 atom stereocenters. The van der Waals surface area contributed by atoms with Crippen LogP contribution in [0, 0.1) is 0 Å². The fourth-order valence-corrected chi connectivity index (χ4v) is 3.29. The number of benzene rings is 2. The molecule has 2 aromatic heterocycles. The maximum absolute atomic E-state index is 12.1. The van der Waals surface area contributed by atoms with E-state index in [9.17, 15) is 9.59 Å². The number of anilines is 1. The van der Waals surface area contributed by atoms with Gasteiger partial charge in [0.25, 0.3) is 5.91 Å². The van der Waals surface area contributed by atoms with Crippen molar-refractivity contribution in [3.8, 4) is 11.3 Å². The lowest BCUT2D eigenvalue weighted by molar-refractivity contribution is -0.115. The number of carbonyl (C=O) groups excluding carboxylic acids is 2. The standard InChI is InChI=1S/C22H17BrN4O2/c23-17-5-3-4-16(12-17)22(29)24-13-21(28)25-18-9-7-15(8-10-18)19-14-27-11-2-1-6-20(27)26-19/h1-12,14H,13H2,(H,24,29)(H,25,28). The Morgan fingerprint density at radius 1 is 1.00 bits per heavy atom. The second kappa shape index (κ2) is 8.28. The van der Waals surface area contributed by atoms with Crippen molar-refractivity contribution in [2.45, 2.75) is 0 Å². The normalized spacial score (nSPS) is 10.7. The molecule has 2 aromatic carbocycles. The van der Waals surface area contributed by atoms with Crippen molar-refractivity contribution in [1.29, 1.82) is 0 Å². The first-order chi connectivity index (χ1) is 14.1. The maximum atomic E-state index is 12.1. The maximum Gasteiger partial charge on any atom is 0.251 e. The van der Waals surface area contributed by atoms with Gasteiger partial charge in [0, 0.05) is 33.7 Å². The third-order valence-electron chi connectivity index (χ3n) is 4.32. The summed E-state index contributed by atoms with van der Waals surface area (Å²) in [7, 11) is 0. The molecule has 2 amide bonds. The van der Waals surface area contributed by atoms with Gasteiger partial charge < -0.3 is 15.0 Å². The van der Waals surface area contributed by atoms with Crippen molar-refractivity contribution >= 4 is 39.1 Å². The van der Waals surface area contributed by atoms with Gasteiger partial charge in [0.2, 0.25) is 5.91 Å². The highest BCUT2D eigenvalue weighted by Gasteiger charge is 2.09. The monoisotopic (exact) mass is 448 g/mol. The van der Waals surface area contributed by atoms with E-state index in [0.717, 1.165) is 21.4 Å². The van der Waals surface area contributed by atoms with E-state index in [1.807, 2.05) is 65.3 Å². The van der Waals surface area contributed by atoms with E-state index in [-0.39, 0.29) is 18.4 Å². The van der Waals surface area contributed by atoms with E-state index in [1.165, 1.54) is 0 Å². The molecule has 6 nitrogen and oxygen atoms in total. The Balaban J connectivity index is 1.35. The van der Waals surface area contributed by atoms with Gasteiger partial charge in [-0.2, -0.15) is 0 Å². The van der Waals surface area contributed by atoms with Crippen LogP contribution in [0.3, 0.4) is 0 Å². The van der Waals surface area contributed by atoms with Crippen molar-refractivity contribution in [2.75, 3.05) is 11.9 Å². The number of fused-ring (bicyclic) bond motifs is 1. The second-order valence-electron chi connectivity index (χ2n) is 6.41. The molecule has 0 aliphatic rings. The van der Waals surface area contributed by atoms with E-state index in [0.29, 0.717) is 11.3 Å². The Bertz CT molecular complexity index is 1150. The zero-order valence-electron chi connectivity index (χ0n) is 15.3. The SMILES string of the molecule is O=C(CNC(=O)c1cccc(Br)c1)Nc1ccc(-c2cn3ccccc3n2)cc1. The molecule has 0 aliphatic carbocycles. The Kier molecular flexibility index (Phi) is 5.39. The fraction of sp³-hybridized carbons (Fsp3) is 0.0455. The van der Waals surface area contributed by atoms with Crippen molar-refractivity contribution < 1.29 is 9.59 Å². The van der Waals surface area contributed by atoms with Crippen LogP contribution >= 0.6 is 15.9 Å². The number of aromatic nitrogens is 2. The number of imidazole rings is 1. The number of pyridine rings is 1. The zero-order valence-corrected chi connectivity index (χ0v) is 16.9. The Morgan fingerprint density at radius 2 is 1.83 bits per heavy atom. The second-order valence-corrected chi connectivity index (χ2v) is 7.33. The molecule has 2 heterocycles. The predicted molar refractivity (Wildman–Crippen MR) is 116 cm³/mol. The lowest BCUT2D eigenvalue weighted by Gasteiger charge is -2.08. The molecule has 0 saturated heterocycles. The van der Waals surface area contributed by atoms with Crippen molar-refractivity contribution in [3.63, 3.8) is 0 Å². The molecule has 0 bridgehead atoms. The van der Waals surface area contributed by atoms with E-state index >= 15 is 0 Å². The number of nitrogens with one attached hydrogen (secondary N) is 2. The molecule has 0 spiro atoms. The van der Waals surface area contributed by atoms with Crippen molar-refractivity contribution in [1.82, 2.24) is 14.7 Å². The summed E-state index contributed by atoms with van der Waals surface area (Å²) in [5, 5.41) is 5.39.